The highest BCUT2D eigenvalue weighted by molar-refractivity contribution is 7.09. The van der Waals surface area contributed by atoms with E-state index in [2.05, 4.69) is 10.3 Å². The highest BCUT2D eigenvalue weighted by Gasteiger charge is 2.16. The zero-order chi connectivity index (χ0) is 13.7. The fraction of sp³-hybridized carbons (Fsp3) is 0.286. The Kier molecular flexibility index (Phi) is 4.52. The lowest BCUT2D eigenvalue weighted by molar-refractivity contribution is 0.0748. The van der Waals surface area contributed by atoms with E-state index in [1.165, 1.54) is 4.88 Å². The molecule has 2 rings (SSSR count). The Bertz CT molecular complexity index is 539. The Morgan fingerprint density at radius 1 is 1.37 bits per heavy atom. The maximum absolute atomic E-state index is 12.4. The topological polar surface area (TPSA) is 45.2 Å². The van der Waals surface area contributed by atoms with Crippen LogP contribution in [0, 0.1) is 0 Å². The van der Waals surface area contributed by atoms with Crippen molar-refractivity contribution in [3.05, 3.63) is 46.3 Å². The summed E-state index contributed by atoms with van der Waals surface area (Å²) in [5.74, 6) is 0.672. The van der Waals surface area contributed by atoms with Crippen molar-refractivity contribution in [3.8, 4) is 0 Å². The van der Waals surface area contributed by atoms with Gasteiger partial charge in [-0.25, -0.2) is 4.98 Å². The Morgan fingerprint density at radius 3 is 2.84 bits per heavy atom. The summed E-state index contributed by atoms with van der Waals surface area (Å²) >= 11 is 1.66. The number of nitrogens with zero attached hydrogens (tertiary/aromatic N) is 2. The van der Waals surface area contributed by atoms with Gasteiger partial charge in [-0.15, -0.1) is 11.3 Å². The van der Waals surface area contributed by atoms with E-state index in [-0.39, 0.29) is 5.91 Å². The molecular formula is C14H17N3OS. The van der Waals surface area contributed by atoms with Crippen molar-refractivity contribution in [1.29, 1.82) is 0 Å². The average Bonchev–Trinajstić information content (AvgIpc) is 2.97. The molecule has 0 aliphatic heterocycles. The first-order valence-corrected chi connectivity index (χ1v) is 7.09. The van der Waals surface area contributed by atoms with Crippen LogP contribution in [0.4, 0.5) is 5.82 Å². The molecule has 1 N–H and O–H groups in total. The van der Waals surface area contributed by atoms with Gasteiger partial charge in [-0.3, -0.25) is 4.79 Å². The summed E-state index contributed by atoms with van der Waals surface area (Å²) in [7, 11) is 1.79. The third-order valence-corrected chi connectivity index (χ3v) is 3.68. The highest BCUT2D eigenvalue weighted by Crippen LogP contribution is 2.14. The summed E-state index contributed by atoms with van der Waals surface area (Å²) in [6.45, 7) is 3.29. The SMILES string of the molecule is CCN(Cc1cccs1)C(=O)c1cccc(NC)n1. The Hall–Kier alpha value is -1.88. The number of amides is 1. The van der Waals surface area contributed by atoms with Gasteiger partial charge in [-0.1, -0.05) is 12.1 Å². The molecule has 2 aromatic heterocycles. The quantitative estimate of drug-likeness (QED) is 0.912. The van der Waals surface area contributed by atoms with Gasteiger partial charge in [0.05, 0.1) is 6.54 Å². The zero-order valence-electron chi connectivity index (χ0n) is 11.1. The van der Waals surface area contributed by atoms with E-state index in [1.807, 2.05) is 36.6 Å². The molecule has 0 spiro atoms. The molecule has 4 nitrogen and oxygen atoms in total. The molecule has 19 heavy (non-hydrogen) atoms. The van der Waals surface area contributed by atoms with Crippen LogP contribution < -0.4 is 5.32 Å². The van der Waals surface area contributed by atoms with Crippen molar-refractivity contribution in [2.75, 3.05) is 18.9 Å². The normalized spacial score (nSPS) is 10.2. The zero-order valence-corrected chi connectivity index (χ0v) is 11.9. The fourth-order valence-electron chi connectivity index (χ4n) is 1.77. The van der Waals surface area contributed by atoms with Gasteiger partial charge in [-0.2, -0.15) is 0 Å². The van der Waals surface area contributed by atoms with E-state index in [0.717, 1.165) is 0 Å². The van der Waals surface area contributed by atoms with Gasteiger partial charge in [0.1, 0.15) is 11.5 Å². The summed E-state index contributed by atoms with van der Waals surface area (Å²) in [6, 6.07) is 9.47. The molecular weight excluding hydrogens is 258 g/mol. The largest absolute Gasteiger partial charge is 0.373 e. The third kappa shape index (κ3) is 3.32. The van der Waals surface area contributed by atoms with Crippen LogP contribution in [0.3, 0.4) is 0 Å². The molecule has 5 heteroatoms. The Labute approximate surface area is 117 Å². The molecule has 100 valence electrons. The van der Waals surface area contributed by atoms with Gasteiger partial charge >= 0.3 is 0 Å². The number of hydrogen-bond donors (Lipinski definition) is 1. The number of nitrogens with one attached hydrogen (secondary N) is 1. The van der Waals surface area contributed by atoms with E-state index in [1.54, 1.807) is 29.4 Å². The second-order valence-electron chi connectivity index (χ2n) is 4.06. The van der Waals surface area contributed by atoms with E-state index < -0.39 is 0 Å². The van der Waals surface area contributed by atoms with E-state index in [0.29, 0.717) is 24.6 Å². The number of carbonyl (C=O) groups excluding carboxylic acids is 1. The molecule has 0 bridgehead atoms. The first-order valence-electron chi connectivity index (χ1n) is 6.21. The van der Waals surface area contributed by atoms with Crippen LogP contribution in [0.2, 0.25) is 0 Å². The fourth-order valence-corrected chi connectivity index (χ4v) is 2.49. The van der Waals surface area contributed by atoms with Gasteiger partial charge in [0.25, 0.3) is 5.91 Å². The summed E-state index contributed by atoms with van der Waals surface area (Å²) in [6.07, 6.45) is 0. The first-order chi connectivity index (χ1) is 9.24. The summed E-state index contributed by atoms with van der Waals surface area (Å²) in [4.78, 5) is 19.7. The maximum atomic E-state index is 12.4. The van der Waals surface area contributed by atoms with Gasteiger partial charge in [0.15, 0.2) is 0 Å². The molecule has 0 aromatic carbocycles. The Balaban J connectivity index is 2.15. The van der Waals surface area contributed by atoms with E-state index in [9.17, 15) is 4.79 Å². The van der Waals surface area contributed by atoms with Gasteiger partial charge in [0, 0.05) is 18.5 Å². The predicted octanol–water partition coefficient (Wildman–Crippen LogP) is 2.85. The van der Waals surface area contributed by atoms with Crippen LogP contribution in [0.5, 0.6) is 0 Å². The molecule has 2 heterocycles. The third-order valence-electron chi connectivity index (χ3n) is 2.82. The number of pyridine rings is 1. The molecule has 0 saturated heterocycles. The van der Waals surface area contributed by atoms with Crippen molar-refractivity contribution < 1.29 is 4.79 Å². The minimum atomic E-state index is -0.0343. The number of rotatable bonds is 5. The lowest BCUT2D eigenvalue weighted by Gasteiger charge is -2.19. The molecule has 1 amide bonds. The molecule has 0 aliphatic rings. The second-order valence-corrected chi connectivity index (χ2v) is 5.09. The molecule has 0 atom stereocenters. The Morgan fingerprint density at radius 2 is 2.21 bits per heavy atom. The molecule has 0 radical (unpaired) electrons. The summed E-state index contributed by atoms with van der Waals surface area (Å²) in [5.41, 5.74) is 0.477. The van der Waals surface area contributed by atoms with Gasteiger partial charge < -0.3 is 10.2 Å². The highest BCUT2D eigenvalue weighted by atomic mass is 32.1. The van der Waals surface area contributed by atoms with Crippen molar-refractivity contribution >= 4 is 23.1 Å². The standard InChI is InChI=1S/C14H17N3OS/c1-3-17(10-11-6-5-9-19-11)14(18)12-7-4-8-13(15-2)16-12/h4-9H,3,10H2,1-2H3,(H,15,16). The minimum Gasteiger partial charge on any atom is -0.373 e. The lowest BCUT2D eigenvalue weighted by Crippen LogP contribution is -2.30. The van der Waals surface area contributed by atoms with Crippen molar-refractivity contribution in [1.82, 2.24) is 9.88 Å². The number of thiophene rings is 1. The van der Waals surface area contributed by atoms with Gasteiger partial charge in [-0.05, 0) is 30.5 Å². The molecule has 0 unspecified atom stereocenters. The summed E-state index contributed by atoms with van der Waals surface area (Å²) in [5, 5.41) is 4.97. The minimum absolute atomic E-state index is 0.0343. The smallest absolute Gasteiger partial charge is 0.272 e. The van der Waals surface area contributed by atoms with Crippen LogP contribution in [0.1, 0.15) is 22.3 Å². The van der Waals surface area contributed by atoms with Crippen molar-refractivity contribution in [2.24, 2.45) is 0 Å². The number of anilines is 1. The van der Waals surface area contributed by atoms with Gasteiger partial charge in [0.2, 0.25) is 0 Å². The van der Waals surface area contributed by atoms with Crippen LogP contribution >= 0.6 is 11.3 Å². The second kappa shape index (κ2) is 6.33. The van der Waals surface area contributed by atoms with Crippen LogP contribution in [0.25, 0.3) is 0 Å². The average molecular weight is 275 g/mol. The van der Waals surface area contributed by atoms with E-state index in [4.69, 9.17) is 0 Å². The lowest BCUT2D eigenvalue weighted by atomic mass is 10.3. The maximum Gasteiger partial charge on any atom is 0.272 e. The number of carbonyl (C=O) groups is 1. The van der Waals surface area contributed by atoms with Crippen LogP contribution in [-0.2, 0) is 6.54 Å². The first kappa shape index (κ1) is 13.5. The molecule has 0 fully saturated rings. The number of aromatic nitrogens is 1. The summed E-state index contributed by atoms with van der Waals surface area (Å²) < 4.78 is 0. The predicted molar refractivity (Wildman–Crippen MR) is 78.5 cm³/mol. The van der Waals surface area contributed by atoms with Crippen LogP contribution in [0.15, 0.2) is 35.7 Å². The monoisotopic (exact) mass is 275 g/mol. The van der Waals surface area contributed by atoms with Crippen molar-refractivity contribution in [2.45, 2.75) is 13.5 Å². The molecule has 0 aliphatic carbocycles. The molecule has 0 saturated carbocycles. The number of hydrogen-bond acceptors (Lipinski definition) is 4. The van der Waals surface area contributed by atoms with Crippen molar-refractivity contribution in [3.63, 3.8) is 0 Å². The molecule has 2 aromatic rings. The van der Waals surface area contributed by atoms with Crippen LogP contribution in [-0.4, -0.2) is 29.4 Å². The van der Waals surface area contributed by atoms with E-state index >= 15 is 0 Å².